The van der Waals surface area contributed by atoms with Gasteiger partial charge in [-0.25, -0.2) is 0 Å². The number of hydrogen-bond acceptors (Lipinski definition) is 3. The van der Waals surface area contributed by atoms with Crippen molar-refractivity contribution in [2.75, 3.05) is 6.54 Å². The van der Waals surface area contributed by atoms with Crippen molar-refractivity contribution in [3.63, 3.8) is 0 Å². The van der Waals surface area contributed by atoms with E-state index >= 15 is 0 Å². The second-order valence-corrected chi connectivity index (χ2v) is 3.49. The summed E-state index contributed by atoms with van der Waals surface area (Å²) in [7, 11) is 0. The lowest BCUT2D eigenvalue weighted by atomic mass is 10.3. The Bertz CT molecular complexity index is 315. The van der Waals surface area contributed by atoms with E-state index < -0.39 is 0 Å². The second kappa shape index (κ2) is 3.20. The van der Waals surface area contributed by atoms with Gasteiger partial charge in [0.1, 0.15) is 0 Å². The first-order chi connectivity index (χ1) is 6.25. The van der Waals surface area contributed by atoms with Gasteiger partial charge in [-0.15, -0.1) is 0 Å². The molecule has 1 N–H and O–H groups in total. The molecule has 1 aromatic heterocycles. The van der Waals surface area contributed by atoms with Gasteiger partial charge in [-0.1, -0.05) is 5.16 Å². The standard InChI is InChI=1S/C9H12N2O2/c1-6-4-8(13-11-6)9(12)10-5-7-2-3-7/h4,7H,2-3,5H2,1H3,(H,10,12). The van der Waals surface area contributed by atoms with Gasteiger partial charge in [0.15, 0.2) is 0 Å². The number of carbonyl (C=O) groups excluding carboxylic acids is 1. The topological polar surface area (TPSA) is 55.1 Å². The lowest BCUT2D eigenvalue weighted by molar-refractivity contribution is 0.0915. The van der Waals surface area contributed by atoms with Crippen LogP contribution in [0.2, 0.25) is 0 Å². The quantitative estimate of drug-likeness (QED) is 0.758. The fourth-order valence-electron chi connectivity index (χ4n) is 1.12. The van der Waals surface area contributed by atoms with E-state index in [0.717, 1.165) is 12.2 Å². The van der Waals surface area contributed by atoms with Crippen LogP contribution < -0.4 is 5.32 Å². The monoisotopic (exact) mass is 180 g/mol. The summed E-state index contributed by atoms with van der Waals surface area (Å²) in [5, 5.41) is 6.45. The summed E-state index contributed by atoms with van der Waals surface area (Å²) in [6.07, 6.45) is 2.46. The van der Waals surface area contributed by atoms with Crippen LogP contribution in [0.15, 0.2) is 10.6 Å². The lowest BCUT2D eigenvalue weighted by Gasteiger charge is -1.98. The Labute approximate surface area is 76.3 Å². The van der Waals surface area contributed by atoms with Crippen molar-refractivity contribution in [1.82, 2.24) is 10.5 Å². The molecule has 4 heteroatoms. The summed E-state index contributed by atoms with van der Waals surface area (Å²) < 4.78 is 4.82. The highest BCUT2D eigenvalue weighted by Crippen LogP contribution is 2.27. The maximum absolute atomic E-state index is 11.3. The first kappa shape index (κ1) is 8.29. The maximum atomic E-state index is 11.3. The van der Waals surface area contributed by atoms with Gasteiger partial charge in [0.25, 0.3) is 5.91 Å². The zero-order chi connectivity index (χ0) is 9.26. The molecule has 1 fully saturated rings. The molecule has 4 nitrogen and oxygen atoms in total. The largest absolute Gasteiger partial charge is 0.351 e. The van der Waals surface area contributed by atoms with Crippen LogP contribution in [0.25, 0.3) is 0 Å². The molecule has 13 heavy (non-hydrogen) atoms. The van der Waals surface area contributed by atoms with E-state index in [2.05, 4.69) is 10.5 Å². The highest BCUT2D eigenvalue weighted by Gasteiger charge is 2.22. The molecular formula is C9H12N2O2. The predicted molar refractivity (Wildman–Crippen MR) is 46.3 cm³/mol. The molecular weight excluding hydrogens is 168 g/mol. The molecule has 0 radical (unpaired) electrons. The zero-order valence-corrected chi connectivity index (χ0v) is 7.54. The van der Waals surface area contributed by atoms with E-state index in [-0.39, 0.29) is 5.91 Å². The van der Waals surface area contributed by atoms with E-state index in [4.69, 9.17) is 4.52 Å². The predicted octanol–water partition coefficient (Wildman–Crippen LogP) is 1.12. The van der Waals surface area contributed by atoms with E-state index in [1.54, 1.807) is 13.0 Å². The molecule has 0 bridgehead atoms. The van der Waals surface area contributed by atoms with E-state index in [9.17, 15) is 4.79 Å². The van der Waals surface area contributed by atoms with Gasteiger partial charge in [-0.05, 0) is 25.7 Å². The Morgan fingerprint density at radius 2 is 2.54 bits per heavy atom. The summed E-state index contributed by atoms with van der Waals surface area (Å²) in [4.78, 5) is 11.3. The Kier molecular flexibility index (Phi) is 2.04. The molecule has 0 atom stereocenters. The highest BCUT2D eigenvalue weighted by atomic mass is 16.5. The fraction of sp³-hybridized carbons (Fsp3) is 0.556. The van der Waals surface area contributed by atoms with Crippen molar-refractivity contribution in [2.24, 2.45) is 5.92 Å². The van der Waals surface area contributed by atoms with Gasteiger partial charge in [-0.2, -0.15) is 0 Å². The minimum atomic E-state index is -0.160. The second-order valence-electron chi connectivity index (χ2n) is 3.49. The lowest BCUT2D eigenvalue weighted by Crippen LogP contribution is -2.24. The van der Waals surface area contributed by atoms with Gasteiger partial charge in [0.2, 0.25) is 5.76 Å². The minimum Gasteiger partial charge on any atom is -0.351 e. The number of hydrogen-bond donors (Lipinski definition) is 1. The van der Waals surface area contributed by atoms with Crippen LogP contribution in [-0.2, 0) is 0 Å². The van der Waals surface area contributed by atoms with Crippen molar-refractivity contribution in [3.05, 3.63) is 17.5 Å². The summed E-state index contributed by atoms with van der Waals surface area (Å²) in [5.74, 6) is 0.832. The smallest absolute Gasteiger partial charge is 0.289 e. The summed E-state index contributed by atoms with van der Waals surface area (Å²) >= 11 is 0. The Hall–Kier alpha value is -1.32. The van der Waals surface area contributed by atoms with Crippen LogP contribution in [-0.4, -0.2) is 17.6 Å². The fourth-order valence-corrected chi connectivity index (χ4v) is 1.12. The van der Waals surface area contributed by atoms with Crippen LogP contribution in [0.5, 0.6) is 0 Å². The third-order valence-electron chi connectivity index (χ3n) is 2.10. The first-order valence-electron chi connectivity index (χ1n) is 4.47. The van der Waals surface area contributed by atoms with Crippen molar-refractivity contribution < 1.29 is 9.32 Å². The van der Waals surface area contributed by atoms with Crippen LogP contribution >= 0.6 is 0 Å². The molecule has 1 aliphatic carbocycles. The summed E-state index contributed by atoms with van der Waals surface area (Å²) in [6, 6.07) is 1.64. The van der Waals surface area contributed by atoms with Crippen molar-refractivity contribution in [2.45, 2.75) is 19.8 Å². The molecule has 0 unspecified atom stereocenters. The van der Waals surface area contributed by atoms with E-state index in [0.29, 0.717) is 11.7 Å². The first-order valence-corrected chi connectivity index (χ1v) is 4.47. The Morgan fingerprint density at radius 3 is 3.08 bits per heavy atom. The number of carbonyl (C=O) groups is 1. The van der Waals surface area contributed by atoms with E-state index in [1.165, 1.54) is 12.8 Å². The number of aryl methyl sites for hydroxylation is 1. The van der Waals surface area contributed by atoms with Crippen molar-refractivity contribution >= 4 is 5.91 Å². The number of rotatable bonds is 3. The molecule has 1 saturated carbocycles. The van der Waals surface area contributed by atoms with E-state index in [1.807, 2.05) is 0 Å². The van der Waals surface area contributed by atoms with Gasteiger partial charge in [-0.3, -0.25) is 4.79 Å². The van der Waals surface area contributed by atoms with Gasteiger partial charge < -0.3 is 9.84 Å². The average Bonchev–Trinajstić information content (AvgIpc) is 2.84. The minimum absolute atomic E-state index is 0.160. The summed E-state index contributed by atoms with van der Waals surface area (Å²) in [5.41, 5.74) is 0.733. The average molecular weight is 180 g/mol. The SMILES string of the molecule is Cc1cc(C(=O)NCC2CC2)on1. The van der Waals surface area contributed by atoms with Crippen molar-refractivity contribution in [1.29, 1.82) is 0 Å². The van der Waals surface area contributed by atoms with Crippen LogP contribution in [0.4, 0.5) is 0 Å². The molecule has 1 aromatic rings. The van der Waals surface area contributed by atoms with Crippen LogP contribution in [0.1, 0.15) is 29.1 Å². The molecule has 2 rings (SSSR count). The van der Waals surface area contributed by atoms with Crippen LogP contribution in [0, 0.1) is 12.8 Å². The third kappa shape index (κ3) is 2.08. The Morgan fingerprint density at radius 1 is 1.77 bits per heavy atom. The molecule has 1 heterocycles. The van der Waals surface area contributed by atoms with Crippen LogP contribution in [0.3, 0.4) is 0 Å². The zero-order valence-electron chi connectivity index (χ0n) is 7.54. The Balaban J connectivity index is 1.88. The number of nitrogens with zero attached hydrogens (tertiary/aromatic N) is 1. The molecule has 1 amide bonds. The van der Waals surface area contributed by atoms with Gasteiger partial charge in [0.05, 0.1) is 5.69 Å². The number of aromatic nitrogens is 1. The highest BCUT2D eigenvalue weighted by molar-refractivity contribution is 5.91. The molecule has 0 aliphatic heterocycles. The summed E-state index contributed by atoms with van der Waals surface area (Å²) in [6.45, 7) is 2.56. The molecule has 0 saturated heterocycles. The van der Waals surface area contributed by atoms with Gasteiger partial charge >= 0.3 is 0 Å². The number of nitrogens with one attached hydrogen (secondary N) is 1. The normalized spacial score (nSPS) is 15.8. The van der Waals surface area contributed by atoms with Gasteiger partial charge in [0, 0.05) is 12.6 Å². The third-order valence-corrected chi connectivity index (χ3v) is 2.10. The molecule has 0 spiro atoms. The van der Waals surface area contributed by atoms with Crippen molar-refractivity contribution in [3.8, 4) is 0 Å². The molecule has 1 aliphatic rings. The molecule has 70 valence electrons. The number of amides is 1. The molecule has 0 aromatic carbocycles. The maximum Gasteiger partial charge on any atom is 0.289 e.